The van der Waals surface area contributed by atoms with Crippen molar-refractivity contribution in [3.8, 4) is 11.3 Å². The van der Waals surface area contributed by atoms with Gasteiger partial charge in [-0.3, -0.25) is 4.90 Å². The molecular weight excluding hydrogens is 304 g/mol. The normalized spacial score (nSPS) is 25.6. The van der Waals surface area contributed by atoms with Crippen LogP contribution in [0.3, 0.4) is 0 Å². The Kier molecular flexibility index (Phi) is 3.32. The molecule has 3 nitrogen and oxygen atoms in total. The van der Waals surface area contributed by atoms with Crippen LogP contribution in [0.2, 0.25) is 5.02 Å². The third-order valence-electron chi connectivity index (χ3n) is 4.44. The van der Waals surface area contributed by atoms with Gasteiger partial charge in [-0.05, 0) is 30.4 Å². The lowest BCUT2D eigenvalue weighted by atomic mass is 10.2. The Labute approximate surface area is 132 Å². The summed E-state index contributed by atoms with van der Waals surface area (Å²) in [6.45, 7) is 2.09. The summed E-state index contributed by atoms with van der Waals surface area (Å²) < 4.78 is 0. The maximum Gasteiger partial charge on any atom is 0.144 e. The standard InChI is InChI=1S/C16H15ClN2OS/c17-13-3-1-10(2-4-13)14-9-21-16(18-14)15(8-20)19-6-11-5-12(11)7-19/h1-4,8-9,11-12,15H,5-7H2. The first kappa shape index (κ1) is 13.4. The van der Waals surface area contributed by atoms with E-state index in [1.165, 1.54) is 6.42 Å². The number of hydrogen-bond acceptors (Lipinski definition) is 4. The molecular formula is C16H15ClN2OS. The van der Waals surface area contributed by atoms with E-state index >= 15 is 0 Å². The van der Waals surface area contributed by atoms with Gasteiger partial charge in [-0.25, -0.2) is 4.98 Å². The monoisotopic (exact) mass is 318 g/mol. The van der Waals surface area contributed by atoms with Crippen molar-refractivity contribution in [2.24, 2.45) is 11.8 Å². The molecule has 1 aliphatic heterocycles. The number of benzene rings is 1. The van der Waals surface area contributed by atoms with Crippen LogP contribution in [0.1, 0.15) is 17.5 Å². The number of piperidine rings is 1. The topological polar surface area (TPSA) is 33.2 Å². The van der Waals surface area contributed by atoms with Crippen LogP contribution in [0.25, 0.3) is 11.3 Å². The summed E-state index contributed by atoms with van der Waals surface area (Å²) in [6.07, 6.45) is 2.38. The molecule has 2 fully saturated rings. The van der Waals surface area contributed by atoms with Gasteiger partial charge in [0, 0.05) is 29.1 Å². The van der Waals surface area contributed by atoms with E-state index in [1.54, 1.807) is 11.3 Å². The van der Waals surface area contributed by atoms with Gasteiger partial charge >= 0.3 is 0 Å². The average molecular weight is 319 g/mol. The smallest absolute Gasteiger partial charge is 0.144 e. The van der Waals surface area contributed by atoms with E-state index < -0.39 is 0 Å². The Hall–Kier alpha value is -1.23. The number of aldehydes is 1. The molecule has 0 N–H and O–H groups in total. The molecule has 1 saturated heterocycles. The van der Waals surface area contributed by atoms with Gasteiger partial charge in [-0.1, -0.05) is 23.7 Å². The molecule has 0 spiro atoms. The van der Waals surface area contributed by atoms with Crippen LogP contribution in [-0.4, -0.2) is 29.3 Å². The van der Waals surface area contributed by atoms with Crippen molar-refractivity contribution in [3.05, 3.63) is 39.7 Å². The summed E-state index contributed by atoms with van der Waals surface area (Å²) in [7, 11) is 0. The molecule has 0 radical (unpaired) electrons. The lowest BCUT2D eigenvalue weighted by molar-refractivity contribution is -0.112. The molecule has 1 aliphatic carbocycles. The van der Waals surface area contributed by atoms with E-state index in [-0.39, 0.29) is 6.04 Å². The third kappa shape index (κ3) is 2.52. The van der Waals surface area contributed by atoms with Gasteiger partial charge in [-0.15, -0.1) is 11.3 Å². The molecule has 3 atom stereocenters. The second kappa shape index (κ2) is 5.20. The number of aromatic nitrogens is 1. The highest BCUT2D eigenvalue weighted by molar-refractivity contribution is 7.10. The van der Waals surface area contributed by atoms with Gasteiger partial charge in [-0.2, -0.15) is 0 Å². The number of likely N-dealkylation sites (tertiary alicyclic amines) is 1. The summed E-state index contributed by atoms with van der Waals surface area (Å²) in [6, 6.07) is 7.47. The summed E-state index contributed by atoms with van der Waals surface area (Å²) in [5.41, 5.74) is 1.96. The number of hydrogen-bond donors (Lipinski definition) is 0. The number of rotatable bonds is 4. The van der Waals surface area contributed by atoms with Crippen LogP contribution < -0.4 is 0 Å². The largest absolute Gasteiger partial charge is 0.301 e. The first-order chi connectivity index (χ1) is 10.2. The van der Waals surface area contributed by atoms with Gasteiger partial charge in [0.05, 0.1) is 5.69 Å². The third-order valence-corrected chi connectivity index (χ3v) is 5.61. The molecule has 21 heavy (non-hydrogen) atoms. The minimum atomic E-state index is -0.177. The minimum Gasteiger partial charge on any atom is -0.301 e. The highest BCUT2D eigenvalue weighted by Gasteiger charge is 2.47. The van der Waals surface area contributed by atoms with Crippen LogP contribution >= 0.6 is 22.9 Å². The summed E-state index contributed by atoms with van der Waals surface area (Å²) in [4.78, 5) is 18.5. The summed E-state index contributed by atoms with van der Waals surface area (Å²) in [5, 5.41) is 3.64. The second-order valence-electron chi connectivity index (χ2n) is 5.87. The quantitative estimate of drug-likeness (QED) is 0.807. The van der Waals surface area contributed by atoms with E-state index in [0.717, 1.165) is 52.5 Å². The number of thiazole rings is 1. The lowest BCUT2D eigenvalue weighted by Crippen LogP contribution is -2.29. The Morgan fingerprint density at radius 1 is 1.29 bits per heavy atom. The predicted molar refractivity (Wildman–Crippen MR) is 84.5 cm³/mol. The Bertz CT molecular complexity index is 659. The molecule has 1 aromatic carbocycles. The molecule has 0 bridgehead atoms. The van der Waals surface area contributed by atoms with Crippen molar-refractivity contribution in [1.82, 2.24) is 9.88 Å². The molecule has 3 unspecified atom stereocenters. The van der Waals surface area contributed by atoms with E-state index in [4.69, 9.17) is 11.6 Å². The summed E-state index contributed by atoms with van der Waals surface area (Å²) in [5.74, 6) is 1.64. The molecule has 2 aliphatic rings. The lowest BCUT2D eigenvalue weighted by Gasteiger charge is -2.22. The highest BCUT2D eigenvalue weighted by Crippen LogP contribution is 2.47. The van der Waals surface area contributed by atoms with Gasteiger partial charge in [0.25, 0.3) is 0 Å². The van der Waals surface area contributed by atoms with Gasteiger partial charge in [0.2, 0.25) is 0 Å². The molecule has 2 heterocycles. The Morgan fingerprint density at radius 2 is 2.00 bits per heavy atom. The van der Waals surface area contributed by atoms with E-state index in [0.29, 0.717) is 0 Å². The van der Waals surface area contributed by atoms with E-state index in [1.807, 2.05) is 29.6 Å². The highest BCUT2D eigenvalue weighted by atomic mass is 35.5. The number of carbonyl (C=O) groups is 1. The number of carbonyl (C=O) groups excluding carboxylic acids is 1. The molecule has 0 amide bonds. The Morgan fingerprint density at radius 3 is 2.67 bits per heavy atom. The summed E-state index contributed by atoms with van der Waals surface area (Å²) >= 11 is 7.48. The van der Waals surface area contributed by atoms with Crippen LogP contribution in [0.15, 0.2) is 29.6 Å². The zero-order chi connectivity index (χ0) is 14.4. The van der Waals surface area contributed by atoms with Crippen molar-refractivity contribution in [2.75, 3.05) is 13.1 Å². The van der Waals surface area contributed by atoms with Crippen LogP contribution in [-0.2, 0) is 4.79 Å². The van der Waals surface area contributed by atoms with Gasteiger partial charge in [0.1, 0.15) is 17.3 Å². The maximum atomic E-state index is 11.5. The molecule has 108 valence electrons. The molecule has 5 heteroatoms. The van der Waals surface area contributed by atoms with Crippen LogP contribution in [0.5, 0.6) is 0 Å². The maximum absolute atomic E-state index is 11.5. The first-order valence-corrected chi connectivity index (χ1v) is 8.41. The molecule has 1 saturated carbocycles. The number of fused-ring (bicyclic) bond motifs is 1. The molecule has 4 rings (SSSR count). The van der Waals surface area contributed by atoms with Crippen molar-refractivity contribution in [3.63, 3.8) is 0 Å². The zero-order valence-corrected chi connectivity index (χ0v) is 13.0. The number of halogens is 1. The average Bonchev–Trinajstić information content (AvgIpc) is 2.90. The SMILES string of the molecule is O=CC(c1nc(-c2ccc(Cl)cc2)cs1)N1CC2CC2C1. The minimum absolute atomic E-state index is 0.177. The van der Waals surface area contributed by atoms with Crippen molar-refractivity contribution in [1.29, 1.82) is 0 Å². The van der Waals surface area contributed by atoms with Gasteiger partial charge in [0.15, 0.2) is 0 Å². The van der Waals surface area contributed by atoms with Gasteiger partial charge < -0.3 is 4.79 Å². The fourth-order valence-electron chi connectivity index (χ4n) is 3.14. The van der Waals surface area contributed by atoms with Crippen molar-refractivity contribution in [2.45, 2.75) is 12.5 Å². The second-order valence-corrected chi connectivity index (χ2v) is 7.19. The van der Waals surface area contributed by atoms with E-state index in [2.05, 4.69) is 9.88 Å². The first-order valence-electron chi connectivity index (χ1n) is 7.15. The fourth-order valence-corrected chi connectivity index (χ4v) is 4.18. The van der Waals surface area contributed by atoms with Crippen LogP contribution in [0, 0.1) is 11.8 Å². The molecule has 2 aromatic rings. The fraction of sp³-hybridized carbons (Fsp3) is 0.375. The van der Waals surface area contributed by atoms with Crippen molar-refractivity contribution >= 4 is 29.2 Å². The Balaban J connectivity index is 1.57. The molecule has 1 aromatic heterocycles. The zero-order valence-electron chi connectivity index (χ0n) is 11.4. The van der Waals surface area contributed by atoms with Crippen molar-refractivity contribution < 1.29 is 4.79 Å². The predicted octanol–water partition coefficient (Wildman–Crippen LogP) is 3.66. The number of nitrogens with zero attached hydrogens (tertiary/aromatic N) is 2. The van der Waals surface area contributed by atoms with Crippen LogP contribution in [0.4, 0.5) is 0 Å². The van der Waals surface area contributed by atoms with E-state index in [9.17, 15) is 4.79 Å².